The average Bonchev–Trinajstić information content (AvgIpc) is 3.01. The summed E-state index contributed by atoms with van der Waals surface area (Å²) in [6, 6.07) is 4.89. The van der Waals surface area contributed by atoms with E-state index in [4.69, 9.17) is 4.74 Å². The molecule has 1 aliphatic heterocycles. The summed E-state index contributed by atoms with van der Waals surface area (Å²) >= 11 is 0. The molecule has 0 saturated carbocycles. The number of carbonyl (C=O) groups is 2. The molecule has 1 aromatic rings. The fourth-order valence-corrected chi connectivity index (χ4v) is 3.63. The smallest absolute Gasteiger partial charge is 0.330 e. The molecule has 24 heavy (non-hydrogen) atoms. The van der Waals surface area contributed by atoms with E-state index in [0.717, 1.165) is 5.56 Å². The number of ether oxygens (including phenoxy) is 1. The predicted octanol–water partition coefficient (Wildman–Crippen LogP) is 2.09. The van der Waals surface area contributed by atoms with Gasteiger partial charge >= 0.3 is 5.97 Å². The van der Waals surface area contributed by atoms with Crippen LogP contribution >= 0.6 is 0 Å². The lowest BCUT2D eigenvalue weighted by Gasteiger charge is -2.18. The Morgan fingerprint density at radius 3 is 2.71 bits per heavy atom. The van der Waals surface area contributed by atoms with E-state index in [1.54, 1.807) is 31.2 Å². The number of hydrogen-bond acceptors (Lipinski definition) is 5. The molecule has 6 nitrogen and oxygen atoms in total. The van der Waals surface area contributed by atoms with Gasteiger partial charge in [0.1, 0.15) is 0 Å². The molecule has 1 aromatic carbocycles. The van der Waals surface area contributed by atoms with Gasteiger partial charge in [0.05, 0.1) is 11.4 Å². The minimum Gasteiger partial charge on any atom is -0.454 e. The van der Waals surface area contributed by atoms with E-state index in [2.05, 4.69) is 0 Å². The van der Waals surface area contributed by atoms with E-state index < -0.39 is 16.0 Å². The summed E-state index contributed by atoms with van der Waals surface area (Å²) in [7, 11) is -3.30. The number of sulfonamides is 1. The molecule has 2 rings (SSSR count). The summed E-state index contributed by atoms with van der Waals surface area (Å²) in [4.78, 5) is 23.5. The highest BCUT2D eigenvalue weighted by molar-refractivity contribution is 7.92. The first kappa shape index (κ1) is 18.2. The molecule has 0 atom stereocenters. The Kier molecular flexibility index (Phi) is 5.77. The van der Waals surface area contributed by atoms with Gasteiger partial charge in [-0.15, -0.1) is 0 Å². The van der Waals surface area contributed by atoms with Crippen LogP contribution in [0.25, 0.3) is 0 Å². The van der Waals surface area contributed by atoms with E-state index in [0.29, 0.717) is 30.6 Å². The summed E-state index contributed by atoms with van der Waals surface area (Å²) in [6.45, 7) is 3.55. The van der Waals surface area contributed by atoms with Gasteiger partial charge in [-0.05, 0) is 43.5 Å². The van der Waals surface area contributed by atoms with E-state index in [1.165, 1.54) is 10.4 Å². The van der Waals surface area contributed by atoms with Crippen LogP contribution in [-0.2, 0) is 26.0 Å². The number of Topliss-reactive ketones (excluding diaryl/α,β-unsaturated/α-hetero) is 1. The van der Waals surface area contributed by atoms with Gasteiger partial charge in [0.15, 0.2) is 12.4 Å². The molecule has 0 N–H and O–H groups in total. The molecule has 0 saturated heterocycles. The Bertz CT molecular complexity index is 767. The lowest BCUT2D eigenvalue weighted by atomic mass is 10.1. The van der Waals surface area contributed by atoms with Crippen molar-refractivity contribution in [2.45, 2.75) is 26.7 Å². The molecular formula is C17H21NO5S. The molecular weight excluding hydrogens is 330 g/mol. The zero-order valence-electron chi connectivity index (χ0n) is 13.8. The highest BCUT2D eigenvalue weighted by atomic mass is 32.2. The fraction of sp³-hybridized carbons (Fsp3) is 0.412. The molecule has 1 heterocycles. The largest absolute Gasteiger partial charge is 0.454 e. The number of ketones is 1. The maximum absolute atomic E-state index is 12.1. The van der Waals surface area contributed by atoms with Crippen molar-refractivity contribution in [3.05, 3.63) is 41.5 Å². The fourth-order valence-electron chi connectivity index (χ4n) is 2.47. The molecule has 7 heteroatoms. The van der Waals surface area contributed by atoms with Crippen molar-refractivity contribution in [2.24, 2.45) is 0 Å². The van der Waals surface area contributed by atoms with Crippen LogP contribution in [0, 0.1) is 0 Å². The molecule has 1 aliphatic rings. The summed E-state index contributed by atoms with van der Waals surface area (Å²) in [5, 5.41) is 0. The molecule has 0 unspecified atom stereocenters. The maximum atomic E-state index is 12.1. The second kappa shape index (κ2) is 7.61. The normalized spacial score (nSPS) is 14.0. The van der Waals surface area contributed by atoms with Crippen LogP contribution in [0.1, 0.15) is 36.2 Å². The van der Waals surface area contributed by atoms with Crippen LogP contribution in [0.4, 0.5) is 5.69 Å². The van der Waals surface area contributed by atoms with E-state index >= 15 is 0 Å². The summed E-state index contributed by atoms with van der Waals surface area (Å²) in [5.74, 6) is -0.826. The van der Waals surface area contributed by atoms with E-state index in [1.807, 2.05) is 6.92 Å². The SMILES string of the molecule is CC/C=C/C(=O)OCC(=O)c1ccc2c(c1)CCN2S(=O)(=O)CC. The number of carbonyl (C=O) groups excluding carboxylic acids is 2. The number of fused-ring (bicyclic) bond motifs is 1. The monoisotopic (exact) mass is 351 g/mol. The zero-order valence-corrected chi connectivity index (χ0v) is 14.6. The molecule has 0 spiro atoms. The Labute approximate surface area is 142 Å². The third-order valence-corrected chi connectivity index (χ3v) is 5.57. The average molecular weight is 351 g/mol. The standard InChI is InChI=1S/C17H21NO5S/c1-3-5-6-17(20)23-12-16(19)14-7-8-15-13(11-14)9-10-18(15)24(21,22)4-2/h5-8,11H,3-4,9-10,12H2,1-2H3/b6-5+. The minimum absolute atomic E-state index is 0.0361. The quantitative estimate of drug-likeness (QED) is 0.427. The number of benzene rings is 1. The van der Waals surface area contributed by atoms with Crippen LogP contribution in [-0.4, -0.2) is 39.1 Å². The molecule has 0 fully saturated rings. The second-order valence-corrected chi connectivity index (χ2v) is 7.59. The van der Waals surface area contributed by atoms with Crippen molar-refractivity contribution in [2.75, 3.05) is 23.2 Å². The van der Waals surface area contributed by atoms with Gasteiger partial charge in [-0.3, -0.25) is 9.10 Å². The van der Waals surface area contributed by atoms with Gasteiger partial charge in [-0.25, -0.2) is 13.2 Å². The van der Waals surface area contributed by atoms with Crippen LogP contribution in [0.15, 0.2) is 30.4 Å². The predicted molar refractivity (Wildman–Crippen MR) is 91.7 cm³/mol. The van der Waals surface area contributed by atoms with Crippen molar-refractivity contribution < 1.29 is 22.7 Å². The van der Waals surface area contributed by atoms with Gasteiger partial charge in [0, 0.05) is 18.2 Å². The van der Waals surface area contributed by atoms with Crippen LogP contribution in [0.5, 0.6) is 0 Å². The van der Waals surface area contributed by atoms with Gasteiger partial charge in [-0.1, -0.05) is 13.0 Å². The number of rotatable bonds is 7. The Morgan fingerprint density at radius 2 is 2.04 bits per heavy atom. The van der Waals surface area contributed by atoms with E-state index in [9.17, 15) is 18.0 Å². The summed E-state index contributed by atoms with van der Waals surface area (Å²) in [6.07, 6.45) is 4.23. The van der Waals surface area contributed by atoms with Gasteiger partial charge in [0.2, 0.25) is 10.0 Å². The van der Waals surface area contributed by atoms with Crippen molar-refractivity contribution in [3.63, 3.8) is 0 Å². The topological polar surface area (TPSA) is 80.8 Å². The van der Waals surface area contributed by atoms with Crippen LogP contribution < -0.4 is 4.31 Å². The van der Waals surface area contributed by atoms with Crippen molar-refractivity contribution in [1.82, 2.24) is 0 Å². The lowest BCUT2D eigenvalue weighted by molar-refractivity contribution is -0.136. The Hall–Kier alpha value is -2.15. The third-order valence-electron chi connectivity index (χ3n) is 3.79. The van der Waals surface area contributed by atoms with Gasteiger partial charge in [-0.2, -0.15) is 0 Å². The third kappa shape index (κ3) is 4.03. The summed E-state index contributed by atoms with van der Waals surface area (Å²) in [5.41, 5.74) is 1.85. The molecule has 0 radical (unpaired) electrons. The van der Waals surface area contributed by atoms with E-state index in [-0.39, 0.29) is 18.1 Å². The van der Waals surface area contributed by atoms with Crippen molar-refractivity contribution in [1.29, 1.82) is 0 Å². The number of anilines is 1. The number of esters is 1. The number of allylic oxidation sites excluding steroid dienone is 1. The van der Waals surface area contributed by atoms with Crippen molar-refractivity contribution >= 4 is 27.5 Å². The molecule has 130 valence electrons. The van der Waals surface area contributed by atoms with Gasteiger partial charge in [0.25, 0.3) is 0 Å². The van der Waals surface area contributed by atoms with Crippen LogP contribution in [0.3, 0.4) is 0 Å². The molecule has 0 aliphatic carbocycles. The molecule has 0 aromatic heterocycles. The Balaban J connectivity index is 2.08. The van der Waals surface area contributed by atoms with Gasteiger partial charge < -0.3 is 4.74 Å². The first-order valence-electron chi connectivity index (χ1n) is 7.89. The molecule has 0 amide bonds. The summed E-state index contributed by atoms with van der Waals surface area (Å²) < 4.78 is 30.4. The highest BCUT2D eigenvalue weighted by Crippen LogP contribution is 2.31. The number of nitrogens with zero attached hydrogens (tertiary/aromatic N) is 1. The zero-order chi connectivity index (χ0) is 17.7. The van der Waals surface area contributed by atoms with Crippen molar-refractivity contribution in [3.8, 4) is 0 Å². The highest BCUT2D eigenvalue weighted by Gasteiger charge is 2.28. The minimum atomic E-state index is -3.30. The number of hydrogen-bond donors (Lipinski definition) is 0. The first-order valence-corrected chi connectivity index (χ1v) is 9.49. The second-order valence-electron chi connectivity index (χ2n) is 5.41. The Morgan fingerprint density at radius 1 is 1.29 bits per heavy atom. The van der Waals surface area contributed by atoms with Crippen LogP contribution in [0.2, 0.25) is 0 Å². The first-order chi connectivity index (χ1) is 11.4. The lowest BCUT2D eigenvalue weighted by Crippen LogP contribution is -2.30. The maximum Gasteiger partial charge on any atom is 0.330 e. The molecule has 0 bridgehead atoms.